The van der Waals surface area contributed by atoms with Crippen molar-refractivity contribution < 1.29 is 0 Å². The molecule has 1 aliphatic carbocycles. The van der Waals surface area contributed by atoms with Crippen LogP contribution in [0.2, 0.25) is 0 Å². The highest BCUT2D eigenvalue weighted by Gasteiger charge is 2.45. The molecule has 13 rings (SSSR count). The minimum Gasteiger partial charge on any atom is -0.311 e. The summed E-state index contributed by atoms with van der Waals surface area (Å²) in [5.74, 6) is 0. The zero-order chi connectivity index (χ0) is 44.3. The van der Waals surface area contributed by atoms with Crippen molar-refractivity contribution >= 4 is 49.6 Å². The van der Waals surface area contributed by atoms with Gasteiger partial charge < -0.3 is 9.47 Å². The summed E-state index contributed by atoms with van der Waals surface area (Å²) in [4.78, 5) is 2.38. The van der Waals surface area contributed by atoms with Crippen LogP contribution >= 0.6 is 0 Å². The Morgan fingerprint density at radius 2 is 0.716 bits per heavy atom. The van der Waals surface area contributed by atoms with E-state index in [0.717, 1.165) is 22.7 Å². The fourth-order valence-electron chi connectivity index (χ4n) is 11.0. The van der Waals surface area contributed by atoms with Gasteiger partial charge in [-0.1, -0.05) is 200 Å². The molecule has 12 aromatic rings. The maximum Gasteiger partial charge on any atom is 0.0713 e. The highest BCUT2D eigenvalue weighted by molar-refractivity contribution is 6.09. The zero-order valence-electron chi connectivity index (χ0n) is 36.8. The first-order valence-electron chi connectivity index (χ1n) is 23.2. The summed E-state index contributed by atoms with van der Waals surface area (Å²) in [6, 6.07) is 97.9. The molecule has 1 aliphatic rings. The molecule has 67 heavy (non-hydrogen) atoms. The summed E-state index contributed by atoms with van der Waals surface area (Å²) in [7, 11) is 0. The topological polar surface area (TPSA) is 8.17 Å². The maximum absolute atomic E-state index is 2.38. The SMILES string of the molecule is c1ccc(C2(c3ccc(N(c4ccc(-c5ccc(-n6c7ccccc7c7ccccc76)cc5)cc4)c4ccc(-c5ccc6ccccc6c5)cc4)cc3)c3ccccc3-c3ccccc32)cc1. The van der Waals surface area contributed by atoms with E-state index in [1.807, 2.05) is 0 Å². The summed E-state index contributed by atoms with van der Waals surface area (Å²) in [5.41, 5.74) is 18.9. The molecule has 1 aromatic heterocycles. The van der Waals surface area contributed by atoms with Gasteiger partial charge >= 0.3 is 0 Å². The number of nitrogens with zero attached hydrogens (tertiary/aromatic N) is 2. The molecule has 0 unspecified atom stereocenters. The molecule has 0 atom stereocenters. The number of anilines is 3. The van der Waals surface area contributed by atoms with Crippen LogP contribution in [0.5, 0.6) is 0 Å². The normalized spacial score (nSPS) is 12.6. The van der Waals surface area contributed by atoms with Gasteiger partial charge in [0, 0.05) is 33.5 Å². The molecule has 0 radical (unpaired) electrons. The van der Waals surface area contributed by atoms with E-state index < -0.39 is 5.41 Å². The van der Waals surface area contributed by atoms with Gasteiger partial charge in [0.15, 0.2) is 0 Å². The third-order valence-electron chi connectivity index (χ3n) is 14.1. The standard InChI is InChI=1S/C65H44N2/c1-2-16-51(17-3-1)65(61-22-10-6-18-57(61)58-19-7-11-23-62(58)65)52-34-42-55(43-35-52)66(54-38-32-48(33-39-54)50-27-26-45-14-4-5-15-49(45)44-50)53-36-28-46(29-37-53)47-30-40-56(41-31-47)67-63-24-12-8-20-59(63)60-21-9-13-25-64(60)67/h1-44H. The molecule has 0 saturated carbocycles. The second-order valence-electron chi connectivity index (χ2n) is 17.7. The lowest BCUT2D eigenvalue weighted by Crippen LogP contribution is -2.28. The monoisotopic (exact) mass is 852 g/mol. The lowest BCUT2D eigenvalue weighted by molar-refractivity contribution is 0.768. The average molecular weight is 853 g/mol. The van der Waals surface area contributed by atoms with E-state index in [4.69, 9.17) is 0 Å². The van der Waals surface area contributed by atoms with Gasteiger partial charge in [-0.2, -0.15) is 0 Å². The predicted molar refractivity (Wildman–Crippen MR) is 281 cm³/mol. The van der Waals surface area contributed by atoms with Crippen LogP contribution in [0.3, 0.4) is 0 Å². The Balaban J connectivity index is 0.896. The Morgan fingerprint density at radius 3 is 1.30 bits per heavy atom. The van der Waals surface area contributed by atoms with E-state index in [-0.39, 0.29) is 0 Å². The Bertz CT molecular complexity index is 3670. The molecule has 0 bridgehead atoms. The molecular formula is C65H44N2. The van der Waals surface area contributed by atoms with Crippen molar-refractivity contribution in [2.75, 3.05) is 4.90 Å². The van der Waals surface area contributed by atoms with Gasteiger partial charge in [-0.25, -0.2) is 0 Å². The molecule has 314 valence electrons. The van der Waals surface area contributed by atoms with Crippen LogP contribution < -0.4 is 4.90 Å². The zero-order valence-corrected chi connectivity index (χ0v) is 36.8. The summed E-state index contributed by atoms with van der Waals surface area (Å²) in [6.07, 6.45) is 0. The van der Waals surface area contributed by atoms with Crippen molar-refractivity contribution in [3.8, 4) is 39.1 Å². The van der Waals surface area contributed by atoms with E-state index in [9.17, 15) is 0 Å². The van der Waals surface area contributed by atoms with Gasteiger partial charge in [-0.15, -0.1) is 0 Å². The van der Waals surface area contributed by atoms with Gasteiger partial charge in [0.1, 0.15) is 0 Å². The molecule has 0 spiro atoms. The van der Waals surface area contributed by atoms with Crippen LogP contribution in [-0.4, -0.2) is 4.57 Å². The molecule has 0 fully saturated rings. The second-order valence-corrected chi connectivity index (χ2v) is 17.7. The Morgan fingerprint density at radius 1 is 0.299 bits per heavy atom. The fourth-order valence-corrected chi connectivity index (χ4v) is 11.0. The quantitative estimate of drug-likeness (QED) is 0.148. The summed E-state index contributed by atoms with van der Waals surface area (Å²) >= 11 is 0. The highest BCUT2D eigenvalue weighted by atomic mass is 15.1. The second kappa shape index (κ2) is 15.8. The van der Waals surface area contributed by atoms with Gasteiger partial charge in [0.2, 0.25) is 0 Å². The van der Waals surface area contributed by atoms with Crippen LogP contribution in [0.15, 0.2) is 267 Å². The molecular weight excluding hydrogens is 809 g/mol. The number of para-hydroxylation sites is 2. The van der Waals surface area contributed by atoms with Crippen LogP contribution in [0.25, 0.3) is 71.6 Å². The lowest BCUT2D eigenvalue weighted by Gasteiger charge is -2.34. The molecule has 1 heterocycles. The number of aromatic nitrogens is 1. The van der Waals surface area contributed by atoms with Gasteiger partial charge in [0.05, 0.1) is 16.4 Å². The number of hydrogen-bond acceptors (Lipinski definition) is 1. The molecule has 2 nitrogen and oxygen atoms in total. The van der Waals surface area contributed by atoms with Crippen LogP contribution in [0.4, 0.5) is 17.1 Å². The van der Waals surface area contributed by atoms with Crippen molar-refractivity contribution in [2.24, 2.45) is 0 Å². The highest BCUT2D eigenvalue weighted by Crippen LogP contribution is 2.56. The molecule has 0 saturated heterocycles. The van der Waals surface area contributed by atoms with E-state index in [0.29, 0.717) is 0 Å². The maximum atomic E-state index is 2.38. The average Bonchev–Trinajstić information content (AvgIpc) is 3.91. The molecule has 0 aliphatic heterocycles. The number of fused-ring (bicyclic) bond motifs is 7. The largest absolute Gasteiger partial charge is 0.311 e. The van der Waals surface area contributed by atoms with Gasteiger partial charge in [-0.05, 0) is 133 Å². The first-order chi connectivity index (χ1) is 33.2. The van der Waals surface area contributed by atoms with E-state index in [1.54, 1.807) is 0 Å². The van der Waals surface area contributed by atoms with E-state index in [2.05, 4.69) is 276 Å². The Hall–Kier alpha value is -8.72. The number of benzene rings is 11. The smallest absolute Gasteiger partial charge is 0.0713 e. The summed E-state index contributed by atoms with van der Waals surface area (Å²) < 4.78 is 2.37. The Labute approximate surface area is 390 Å². The van der Waals surface area contributed by atoms with Crippen molar-refractivity contribution in [1.82, 2.24) is 4.57 Å². The van der Waals surface area contributed by atoms with Crippen molar-refractivity contribution in [3.63, 3.8) is 0 Å². The van der Waals surface area contributed by atoms with E-state index >= 15 is 0 Å². The summed E-state index contributed by atoms with van der Waals surface area (Å²) in [5, 5.41) is 5.03. The first-order valence-corrected chi connectivity index (χ1v) is 23.2. The number of rotatable bonds is 8. The van der Waals surface area contributed by atoms with Crippen LogP contribution in [-0.2, 0) is 5.41 Å². The third-order valence-corrected chi connectivity index (χ3v) is 14.1. The lowest BCUT2D eigenvalue weighted by atomic mass is 9.68. The van der Waals surface area contributed by atoms with Crippen molar-refractivity contribution in [2.45, 2.75) is 5.41 Å². The first kappa shape index (κ1) is 38.7. The molecule has 0 amide bonds. The van der Waals surface area contributed by atoms with Crippen molar-refractivity contribution in [1.29, 1.82) is 0 Å². The predicted octanol–water partition coefficient (Wildman–Crippen LogP) is 17.1. The summed E-state index contributed by atoms with van der Waals surface area (Å²) in [6.45, 7) is 0. The number of hydrogen-bond donors (Lipinski definition) is 0. The molecule has 2 heteroatoms. The Kier molecular flexibility index (Phi) is 9.11. The molecule has 0 N–H and O–H groups in total. The third kappa shape index (κ3) is 6.26. The minimum atomic E-state index is -0.460. The van der Waals surface area contributed by atoms with E-state index in [1.165, 1.54) is 88.2 Å². The van der Waals surface area contributed by atoms with Gasteiger partial charge in [0.25, 0.3) is 0 Å². The fraction of sp³-hybridized carbons (Fsp3) is 0.0154. The van der Waals surface area contributed by atoms with Crippen molar-refractivity contribution in [3.05, 3.63) is 289 Å². The molecule has 11 aromatic carbocycles. The van der Waals surface area contributed by atoms with Crippen LogP contribution in [0.1, 0.15) is 22.3 Å². The van der Waals surface area contributed by atoms with Gasteiger partial charge in [-0.3, -0.25) is 0 Å². The minimum absolute atomic E-state index is 0.460. The van der Waals surface area contributed by atoms with Crippen LogP contribution in [0, 0.1) is 0 Å².